The molecule has 0 aliphatic carbocycles. The van der Waals surface area contributed by atoms with E-state index in [2.05, 4.69) is 10.2 Å². The molecule has 9 heteroatoms. The first-order valence-electron chi connectivity index (χ1n) is 8.06. The van der Waals surface area contributed by atoms with E-state index in [1.54, 1.807) is 12.1 Å². The molecule has 0 saturated carbocycles. The molecule has 0 unspecified atom stereocenters. The van der Waals surface area contributed by atoms with Crippen LogP contribution < -0.4 is 4.74 Å². The van der Waals surface area contributed by atoms with Gasteiger partial charge in [0.05, 0.1) is 4.90 Å². The zero-order chi connectivity index (χ0) is 18.0. The minimum Gasteiger partial charge on any atom is -0.484 e. The number of aliphatic hydroxyl groups is 1. The average Bonchev–Trinajstić information content (AvgIpc) is 3.01. The minimum absolute atomic E-state index is 0.00694. The highest BCUT2D eigenvalue weighted by atomic mass is 32.2. The second-order valence-electron chi connectivity index (χ2n) is 6.32. The first-order chi connectivity index (χ1) is 11.9. The summed E-state index contributed by atoms with van der Waals surface area (Å²) in [5.74, 6) is 1.62. The largest absolute Gasteiger partial charge is 0.484 e. The molecule has 0 amide bonds. The van der Waals surface area contributed by atoms with Crippen molar-refractivity contribution >= 4 is 10.0 Å². The molecule has 1 aromatic heterocycles. The Hall–Kier alpha value is -1.97. The standard InChI is InChI=1S/C16H21N3O5S/c1-11(2)16-18-17-15(24-16)10-23-13-3-5-14(6-4-13)25(21,22)19-7-12(8-19)9-20/h3-6,11-12,20H,7-10H2,1-2H3. The van der Waals surface area contributed by atoms with E-state index in [-0.39, 0.29) is 29.9 Å². The Morgan fingerprint density at radius 2 is 1.96 bits per heavy atom. The van der Waals surface area contributed by atoms with Crippen LogP contribution in [0, 0.1) is 5.92 Å². The van der Waals surface area contributed by atoms with Crippen molar-refractivity contribution in [3.8, 4) is 5.75 Å². The van der Waals surface area contributed by atoms with Crippen molar-refractivity contribution in [2.24, 2.45) is 5.92 Å². The van der Waals surface area contributed by atoms with E-state index >= 15 is 0 Å². The van der Waals surface area contributed by atoms with Crippen molar-refractivity contribution in [1.29, 1.82) is 0 Å². The van der Waals surface area contributed by atoms with Gasteiger partial charge in [-0.25, -0.2) is 8.42 Å². The highest BCUT2D eigenvalue weighted by molar-refractivity contribution is 7.89. The van der Waals surface area contributed by atoms with Gasteiger partial charge in [0.1, 0.15) is 5.75 Å². The molecule has 0 spiro atoms. The number of nitrogens with zero attached hydrogens (tertiary/aromatic N) is 3. The predicted octanol–water partition coefficient (Wildman–Crippen LogP) is 1.38. The lowest BCUT2D eigenvalue weighted by Crippen LogP contribution is -2.51. The number of hydrogen-bond donors (Lipinski definition) is 1. The predicted molar refractivity (Wildman–Crippen MR) is 88.5 cm³/mol. The minimum atomic E-state index is -3.51. The third-order valence-corrected chi connectivity index (χ3v) is 5.83. The van der Waals surface area contributed by atoms with Gasteiger partial charge in [-0.3, -0.25) is 0 Å². The molecule has 1 aliphatic heterocycles. The molecule has 0 bridgehead atoms. The molecular weight excluding hydrogens is 346 g/mol. The second kappa shape index (κ2) is 7.11. The lowest BCUT2D eigenvalue weighted by Gasteiger charge is -2.36. The van der Waals surface area contributed by atoms with E-state index in [9.17, 15) is 8.42 Å². The molecule has 1 fully saturated rings. The first kappa shape index (κ1) is 17.8. The van der Waals surface area contributed by atoms with Gasteiger partial charge in [0.2, 0.25) is 15.9 Å². The quantitative estimate of drug-likeness (QED) is 0.788. The Morgan fingerprint density at radius 1 is 1.28 bits per heavy atom. The van der Waals surface area contributed by atoms with Crippen molar-refractivity contribution in [3.63, 3.8) is 0 Å². The molecule has 8 nitrogen and oxygen atoms in total. The van der Waals surface area contributed by atoms with Crippen LogP contribution >= 0.6 is 0 Å². The Bertz CT molecular complexity index is 811. The van der Waals surface area contributed by atoms with Crippen molar-refractivity contribution in [2.45, 2.75) is 31.3 Å². The summed E-state index contributed by atoms with van der Waals surface area (Å²) >= 11 is 0. The summed E-state index contributed by atoms with van der Waals surface area (Å²) in [5, 5.41) is 16.8. The van der Waals surface area contributed by atoms with Crippen LogP contribution in [0.5, 0.6) is 5.75 Å². The van der Waals surface area contributed by atoms with E-state index in [1.807, 2.05) is 13.8 Å². The lowest BCUT2D eigenvalue weighted by molar-refractivity contribution is 0.117. The molecule has 1 aromatic carbocycles. The maximum absolute atomic E-state index is 12.4. The van der Waals surface area contributed by atoms with Gasteiger partial charge in [-0.1, -0.05) is 13.8 Å². The summed E-state index contributed by atoms with van der Waals surface area (Å²) in [4.78, 5) is 0.205. The van der Waals surface area contributed by atoms with E-state index in [0.717, 1.165) is 0 Å². The molecule has 1 saturated heterocycles. The number of hydrogen-bond acceptors (Lipinski definition) is 7. The van der Waals surface area contributed by atoms with Crippen LogP contribution in [0.3, 0.4) is 0 Å². The van der Waals surface area contributed by atoms with E-state index in [0.29, 0.717) is 30.6 Å². The van der Waals surface area contributed by atoms with Crippen LogP contribution in [0.4, 0.5) is 0 Å². The smallest absolute Gasteiger partial charge is 0.253 e. The Kier molecular flexibility index (Phi) is 5.07. The van der Waals surface area contributed by atoms with Crippen molar-refractivity contribution in [1.82, 2.24) is 14.5 Å². The Balaban J connectivity index is 1.60. The molecule has 0 atom stereocenters. The van der Waals surface area contributed by atoms with Crippen molar-refractivity contribution in [3.05, 3.63) is 36.0 Å². The van der Waals surface area contributed by atoms with E-state index in [4.69, 9.17) is 14.3 Å². The van der Waals surface area contributed by atoms with Crippen LogP contribution in [0.25, 0.3) is 0 Å². The van der Waals surface area contributed by atoms with E-state index < -0.39 is 10.0 Å². The summed E-state index contributed by atoms with van der Waals surface area (Å²) in [7, 11) is -3.51. The van der Waals surface area contributed by atoms with Crippen LogP contribution in [0.15, 0.2) is 33.6 Å². The van der Waals surface area contributed by atoms with Gasteiger partial charge in [-0.05, 0) is 24.3 Å². The van der Waals surface area contributed by atoms with Crippen LogP contribution in [0.2, 0.25) is 0 Å². The topological polar surface area (TPSA) is 106 Å². The maximum atomic E-state index is 12.4. The zero-order valence-electron chi connectivity index (χ0n) is 14.1. The van der Waals surface area contributed by atoms with Gasteiger partial charge in [0.15, 0.2) is 6.61 Å². The highest BCUT2D eigenvalue weighted by Gasteiger charge is 2.36. The van der Waals surface area contributed by atoms with E-state index in [1.165, 1.54) is 16.4 Å². The summed E-state index contributed by atoms with van der Waals surface area (Å²) in [5.41, 5.74) is 0. The number of aliphatic hydroxyl groups excluding tert-OH is 1. The maximum Gasteiger partial charge on any atom is 0.253 e. The average molecular weight is 367 g/mol. The van der Waals surface area contributed by atoms with Crippen LogP contribution in [0.1, 0.15) is 31.5 Å². The Morgan fingerprint density at radius 3 is 2.52 bits per heavy atom. The SMILES string of the molecule is CC(C)c1nnc(COc2ccc(S(=O)(=O)N3CC(CO)C3)cc2)o1. The summed E-state index contributed by atoms with van der Waals surface area (Å²) in [6.45, 7) is 4.75. The van der Waals surface area contributed by atoms with Gasteiger partial charge in [-0.2, -0.15) is 4.31 Å². The third kappa shape index (κ3) is 3.83. The molecular formula is C16H21N3O5S. The molecule has 2 aromatic rings. The molecule has 1 N–H and O–H groups in total. The number of ether oxygens (including phenoxy) is 1. The highest BCUT2D eigenvalue weighted by Crippen LogP contribution is 2.26. The fourth-order valence-corrected chi connectivity index (χ4v) is 3.99. The number of aromatic nitrogens is 2. The molecule has 136 valence electrons. The van der Waals surface area contributed by atoms with Gasteiger partial charge in [-0.15, -0.1) is 10.2 Å². The lowest BCUT2D eigenvalue weighted by atomic mass is 10.1. The van der Waals surface area contributed by atoms with Crippen molar-refractivity contribution in [2.75, 3.05) is 19.7 Å². The zero-order valence-corrected chi connectivity index (χ0v) is 14.9. The van der Waals surface area contributed by atoms with Gasteiger partial charge in [0, 0.05) is 31.5 Å². The van der Waals surface area contributed by atoms with Crippen LogP contribution in [-0.2, 0) is 16.6 Å². The Labute approximate surface area is 146 Å². The normalized spacial score (nSPS) is 16.2. The van der Waals surface area contributed by atoms with Crippen molar-refractivity contribution < 1.29 is 22.7 Å². The number of sulfonamides is 1. The molecule has 2 heterocycles. The summed E-state index contributed by atoms with van der Waals surface area (Å²) < 4.78 is 37.2. The fraction of sp³-hybridized carbons (Fsp3) is 0.500. The molecule has 0 radical (unpaired) electrons. The first-order valence-corrected chi connectivity index (χ1v) is 9.50. The monoisotopic (exact) mass is 367 g/mol. The van der Waals surface area contributed by atoms with Gasteiger partial charge < -0.3 is 14.3 Å². The fourth-order valence-electron chi connectivity index (χ4n) is 2.39. The number of benzene rings is 1. The molecule has 3 rings (SSSR count). The summed E-state index contributed by atoms with van der Waals surface area (Å²) in [6.07, 6.45) is 0. The number of rotatable bonds is 7. The second-order valence-corrected chi connectivity index (χ2v) is 8.26. The summed E-state index contributed by atoms with van der Waals surface area (Å²) in [6, 6.07) is 6.19. The third-order valence-electron chi connectivity index (χ3n) is 3.98. The van der Waals surface area contributed by atoms with Crippen LogP contribution in [-0.4, -0.2) is 47.7 Å². The molecule has 25 heavy (non-hydrogen) atoms. The van der Waals surface area contributed by atoms with Gasteiger partial charge >= 0.3 is 0 Å². The van der Waals surface area contributed by atoms with Gasteiger partial charge in [0.25, 0.3) is 5.89 Å². The molecule has 1 aliphatic rings.